The number of aliphatic hydroxyl groups excluding tert-OH is 1. The third-order valence-electron chi connectivity index (χ3n) is 2.43. The molecule has 0 radical (unpaired) electrons. The lowest BCUT2D eigenvalue weighted by atomic mass is 10.1. The quantitative estimate of drug-likeness (QED) is 0.371. The van der Waals surface area contributed by atoms with E-state index in [-0.39, 0.29) is 23.3 Å². The van der Waals surface area contributed by atoms with E-state index in [0.717, 1.165) is 0 Å². The maximum absolute atomic E-state index is 11.2. The number of aliphatic hydroxyl groups is 1. The fraction of sp³-hybridized carbons (Fsp3) is 0.417. The minimum Gasteiger partial charge on any atom is -0.396 e. The fourth-order valence-electron chi connectivity index (χ4n) is 1.44. The van der Waals surface area contributed by atoms with Gasteiger partial charge in [-0.15, -0.1) is 11.8 Å². The molecule has 0 bridgehead atoms. The van der Waals surface area contributed by atoms with Crippen LogP contribution in [0, 0.1) is 10.1 Å². The number of hydrogen-bond donors (Lipinski definition) is 1. The van der Waals surface area contributed by atoms with E-state index in [4.69, 9.17) is 5.11 Å². The van der Waals surface area contributed by atoms with Crippen molar-refractivity contribution < 1.29 is 14.8 Å². The molecule has 1 aromatic carbocycles. The van der Waals surface area contributed by atoms with Crippen LogP contribution in [0.15, 0.2) is 23.1 Å². The van der Waals surface area contributed by atoms with Gasteiger partial charge in [-0.2, -0.15) is 0 Å². The van der Waals surface area contributed by atoms with Gasteiger partial charge >= 0.3 is 0 Å². The molecule has 1 rings (SSSR count). The molecule has 6 heteroatoms. The second-order valence-corrected chi connectivity index (χ2v) is 5.42. The van der Waals surface area contributed by atoms with Gasteiger partial charge in [0.2, 0.25) is 0 Å². The highest BCUT2D eigenvalue weighted by Gasteiger charge is 2.18. The summed E-state index contributed by atoms with van der Waals surface area (Å²) in [7, 11) is 0. The highest BCUT2D eigenvalue weighted by Crippen LogP contribution is 2.33. The lowest BCUT2D eigenvalue weighted by Crippen LogP contribution is -2.02. The molecule has 18 heavy (non-hydrogen) atoms. The van der Waals surface area contributed by atoms with Crippen molar-refractivity contribution in [3.63, 3.8) is 0 Å². The molecule has 0 spiro atoms. The van der Waals surface area contributed by atoms with E-state index in [2.05, 4.69) is 0 Å². The zero-order valence-corrected chi connectivity index (χ0v) is 11.1. The average Bonchev–Trinajstić information content (AvgIpc) is 2.29. The van der Waals surface area contributed by atoms with E-state index in [1.807, 2.05) is 6.92 Å². The van der Waals surface area contributed by atoms with Crippen LogP contribution in [0.4, 0.5) is 5.69 Å². The molecule has 1 unspecified atom stereocenters. The van der Waals surface area contributed by atoms with E-state index in [9.17, 15) is 14.9 Å². The summed E-state index contributed by atoms with van der Waals surface area (Å²) >= 11 is 1.33. The number of rotatable bonds is 6. The van der Waals surface area contributed by atoms with Gasteiger partial charge in [0.15, 0.2) is 5.78 Å². The van der Waals surface area contributed by atoms with Crippen LogP contribution in [0.25, 0.3) is 0 Å². The Labute approximate surface area is 109 Å². The molecule has 0 heterocycles. The summed E-state index contributed by atoms with van der Waals surface area (Å²) in [5.41, 5.74) is 0.276. The first-order chi connectivity index (χ1) is 8.45. The van der Waals surface area contributed by atoms with Crippen molar-refractivity contribution in [2.45, 2.75) is 30.4 Å². The normalized spacial score (nSPS) is 12.2. The molecule has 0 aliphatic heterocycles. The van der Waals surface area contributed by atoms with Crippen molar-refractivity contribution in [2.75, 3.05) is 6.61 Å². The molecular formula is C12H15NO4S. The van der Waals surface area contributed by atoms with Crippen LogP contribution in [0.2, 0.25) is 0 Å². The smallest absolute Gasteiger partial charge is 0.283 e. The molecule has 0 amide bonds. The van der Waals surface area contributed by atoms with Crippen LogP contribution in [0.1, 0.15) is 30.6 Å². The average molecular weight is 269 g/mol. The largest absolute Gasteiger partial charge is 0.396 e. The van der Waals surface area contributed by atoms with Crippen molar-refractivity contribution >= 4 is 23.2 Å². The van der Waals surface area contributed by atoms with Crippen molar-refractivity contribution in [1.82, 2.24) is 0 Å². The van der Waals surface area contributed by atoms with Gasteiger partial charge in [-0.1, -0.05) is 6.92 Å². The first-order valence-corrected chi connectivity index (χ1v) is 6.40. The summed E-state index contributed by atoms with van der Waals surface area (Å²) in [6.07, 6.45) is 0.566. The summed E-state index contributed by atoms with van der Waals surface area (Å²) in [6.45, 7) is 3.32. The van der Waals surface area contributed by atoms with Gasteiger partial charge < -0.3 is 5.11 Å². The van der Waals surface area contributed by atoms with Crippen LogP contribution in [0.5, 0.6) is 0 Å². The van der Waals surface area contributed by atoms with E-state index >= 15 is 0 Å². The van der Waals surface area contributed by atoms with Crippen molar-refractivity contribution in [3.8, 4) is 0 Å². The monoisotopic (exact) mass is 269 g/mol. The zero-order chi connectivity index (χ0) is 13.7. The molecule has 0 saturated carbocycles. The number of nitro benzene ring substituents is 1. The SMILES string of the molecule is CC(=O)c1ccc(SC(C)CCO)c([N+](=O)[O-])c1. The van der Waals surface area contributed by atoms with E-state index < -0.39 is 4.92 Å². The molecule has 98 valence electrons. The van der Waals surface area contributed by atoms with Gasteiger partial charge in [0, 0.05) is 23.5 Å². The lowest BCUT2D eigenvalue weighted by molar-refractivity contribution is -0.387. The fourth-order valence-corrected chi connectivity index (χ4v) is 2.49. The molecule has 0 saturated heterocycles. The first kappa shape index (κ1) is 14.7. The Bertz CT molecular complexity index is 461. The maximum Gasteiger partial charge on any atom is 0.283 e. The molecule has 0 aliphatic carbocycles. The summed E-state index contributed by atoms with van der Waals surface area (Å²) in [4.78, 5) is 22.2. The summed E-state index contributed by atoms with van der Waals surface area (Å²) in [5.74, 6) is -0.196. The Hall–Kier alpha value is -1.40. The molecular weight excluding hydrogens is 254 g/mol. The number of thioether (sulfide) groups is 1. The predicted molar refractivity (Wildman–Crippen MR) is 70.1 cm³/mol. The van der Waals surface area contributed by atoms with E-state index in [1.165, 1.54) is 24.8 Å². The Morgan fingerprint density at radius 3 is 2.72 bits per heavy atom. The highest BCUT2D eigenvalue weighted by atomic mass is 32.2. The number of carbonyl (C=O) groups is 1. The number of carbonyl (C=O) groups excluding carboxylic acids is 1. The summed E-state index contributed by atoms with van der Waals surface area (Å²) < 4.78 is 0. The summed E-state index contributed by atoms with van der Waals surface area (Å²) in [6, 6.07) is 4.48. The zero-order valence-electron chi connectivity index (χ0n) is 10.3. The van der Waals surface area contributed by atoms with E-state index in [0.29, 0.717) is 16.9 Å². The Kier molecular flexibility index (Phi) is 5.30. The second-order valence-electron chi connectivity index (χ2n) is 3.94. The number of ketones is 1. The van der Waals surface area contributed by atoms with Gasteiger partial charge in [0.25, 0.3) is 5.69 Å². The number of nitrogens with zero attached hydrogens (tertiary/aromatic N) is 1. The standard InChI is InChI=1S/C12H15NO4S/c1-8(5-6-14)18-12-4-3-10(9(2)15)7-11(12)13(16)17/h3-4,7-8,14H,5-6H2,1-2H3. The number of benzene rings is 1. The molecule has 0 fully saturated rings. The topological polar surface area (TPSA) is 80.4 Å². The Morgan fingerprint density at radius 1 is 1.56 bits per heavy atom. The van der Waals surface area contributed by atoms with Crippen LogP contribution < -0.4 is 0 Å². The number of nitro groups is 1. The molecule has 1 aromatic rings. The van der Waals surface area contributed by atoms with E-state index in [1.54, 1.807) is 12.1 Å². The van der Waals surface area contributed by atoms with Crippen molar-refractivity contribution in [1.29, 1.82) is 0 Å². The molecule has 1 N–H and O–H groups in total. The lowest BCUT2D eigenvalue weighted by Gasteiger charge is -2.10. The van der Waals surface area contributed by atoms with Crippen LogP contribution >= 0.6 is 11.8 Å². The molecule has 1 atom stereocenters. The van der Waals surface area contributed by atoms with Gasteiger partial charge in [-0.25, -0.2) is 0 Å². The van der Waals surface area contributed by atoms with Crippen LogP contribution in [0.3, 0.4) is 0 Å². The number of Topliss-reactive ketones (excluding diaryl/α,β-unsaturated/α-hetero) is 1. The molecule has 0 aliphatic rings. The highest BCUT2D eigenvalue weighted by molar-refractivity contribution is 8.00. The minimum atomic E-state index is -0.486. The molecule has 0 aromatic heterocycles. The van der Waals surface area contributed by atoms with Crippen molar-refractivity contribution in [2.24, 2.45) is 0 Å². The Morgan fingerprint density at radius 2 is 2.22 bits per heavy atom. The molecule has 5 nitrogen and oxygen atoms in total. The maximum atomic E-state index is 11.2. The van der Waals surface area contributed by atoms with Gasteiger partial charge in [-0.05, 0) is 25.5 Å². The second kappa shape index (κ2) is 6.51. The van der Waals surface area contributed by atoms with Crippen molar-refractivity contribution in [3.05, 3.63) is 33.9 Å². The third-order valence-corrected chi connectivity index (χ3v) is 3.66. The van der Waals surface area contributed by atoms with Crippen LogP contribution in [-0.4, -0.2) is 27.7 Å². The predicted octanol–water partition coefficient (Wildman–Crippen LogP) is 2.66. The van der Waals surface area contributed by atoms with Gasteiger partial charge in [-0.3, -0.25) is 14.9 Å². The third kappa shape index (κ3) is 3.82. The Balaban J connectivity index is 3.04. The number of hydrogen-bond acceptors (Lipinski definition) is 5. The van der Waals surface area contributed by atoms with Crippen LogP contribution in [-0.2, 0) is 0 Å². The van der Waals surface area contributed by atoms with Gasteiger partial charge in [0.05, 0.1) is 9.82 Å². The minimum absolute atomic E-state index is 0.0491. The summed E-state index contributed by atoms with van der Waals surface area (Å²) in [5, 5.41) is 19.9. The first-order valence-electron chi connectivity index (χ1n) is 5.52. The van der Waals surface area contributed by atoms with Gasteiger partial charge in [0.1, 0.15) is 0 Å².